The van der Waals surface area contributed by atoms with Crippen LogP contribution in [-0.4, -0.2) is 54.6 Å². The molecule has 3 amide bonds. The molecule has 8 heteroatoms. The first-order valence-electron chi connectivity index (χ1n) is 9.11. The van der Waals surface area contributed by atoms with E-state index in [0.29, 0.717) is 11.3 Å². The first-order chi connectivity index (χ1) is 14.0. The smallest absolute Gasteiger partial charge is 0.254 e. The molecular formula is C21H22N4O4. The summed E-state index contributed by atoms with van der Waals surface area (Å²) in [4.78, 5) is 42.7. The van der Waals surface area contributed by atoms with Gasteiger partial charge in [-0.15, -0.1) is 0 Å². The number of rotatable bonds is 6. The molecule has 0 radical (unpaired) electrons. The molecule has 0 aromatic heterocycles. The van der Waals surface area contributed by atoms with E-state index < -0.39 is 17.9 Å². The number of nitrogens with one attached hydrogen (secondary N) is 1. The number of oxime groups is 1. The second-order valence-electron chi connectivity index (χ2n) is 6.62. The summed E-state index contributed by atoms with van der Waals surface area (Å²) in [6.07, 6.45) is 0.228. The average Bonchev–Trinajstić information content (AvgIpc) is 3.16. The van der Waals surface area contributed by atoms with Crippen LogP contribution in [-0.2, 0) is 14.4 Å². The predicted molar refractivity (Wildman–Crippen MR) is 108 cm³/mol. The van der Waals surface area contributed by atoms with Gasteiger partial charge in [-0.25, -0.2) is 0 Å². The predicted octanol–water partition coefficient (Wildman–Crippen LogP) is 1.17. The first kappa shape index (κ1) is 20.1. The summed E-state index contributed by atoms with van der Waals surface area (Å²) in [7, 11) is 1.40. The van der Waals surface area contributed by atoms with Crippen LogP contribution in [0.15, 0.2) is 59.8 Å². The molecule has 1 saturated heterocycles. The van der Waals surface area contributed by atoms with Crippen LogP contribution in [0.5, 0.6) is 0 Å². The van der Waals surface area contributed by atoms with E-state index in [1.165, 1.54) is 12.0 Å². The number of amides is 3. The van der Waals surface area contributed by atoms with Crippen LogP contribution in [0.25, 0.3) is 11.1 Å². The van der Waals surface area contributed by atoms with Gasteiger partial charge < -0.3 is 20.8 Å². The van der Waals surface area contributed by atoms with Crippen LogP contribution in [0.4, 0.5) is 0 Å². The van der Waals surface area contributed by atoms with Gasteiger partial charge in [0.15, 0.2) is 0 Å². The Morgan fingerprint density at radius 2 is 1.76 bits per heavy atom. The van der Waals surface area contributed by atoms with E-state index >= 15 is 0 Å². The van der Waals surface area contributed by atoms with Crippen LogP contribution in [0.3, 0.4) is 0 Å². The maximum atomic E-state index is 13.1. The first-order valence-corrected chi connectivity index (χ1v) is 9.11. The Morgan fingerprint density at radius 3 is 2.38 bits per heavy atom. The zero-order valence-electron chi connectivity index (χ0n) is 16.0. The standard InChI is InChI=1S/C21H22N4O4/c1-29-24-17-11-18(20(27)23-12-19(22)26)25(13-17)21(28)16-9-7-15(8-10-16)14-5-3-2-4-6-14/h2-10,18H,11-13H2,1H3,(H2,22,26)(H,23,27)/b24-17+/t18-/m0/s1. The van der Waals surface area contributed by atoms with E-state index in [9.17, 15) is 14.4 Å². The van der Waals surface area contributed by atoms with Crippen molar-refractivity contribution >= 4 is 23.4 Å². The molecule has 150 valence electrons. The molecule has 1 heterocycles. The largest absolute Gasteiger partial charge is 0.399 e. The fourth-order valence-corrected chi connectivity index (χ4v) is 3.24. The van der Waals surface area contributed by atoms with E-state index in [0.717, 1.165) is 11.1 Å². The monoisotopic (exact) mass is 394 g/mol. The molecule has 3 N–H and O–H groups in total. The third-order valence-electron chi connectivity index (χ3n) is 4.62. The van der Waals surface area contributed by atoms with Crippen molar-refractivity contribution in [2.45, 2.75) is 12.5 Å². The zero-order chi connectivity index (χ0) is 20.8. The lowest BCUT2D eigenvalue weighted by Crippen LogP contribution is -2.47. The number of benzene rings is 2. The van der Waals surface area contributed by atoms with Crippen LogP contribution in [0.2, 0.25) is 0 Å². The van der Waals surface area contributed by atoms with Gasteiger partial charge in [0.1, 0.15) is 13.2 Å². The van der Waals surface area contributed by atoms with Crippen molar-refractivity contribution in [1.29, 1.82) is 0 Å². The number of nitrogens with zero attached hydrogens (tertiary/aromatic N) is 2. The van der Waals surface area contributed by atoms with Gasteiger partial charge in [0.2, 0.25) is 11.8 Å². The topological polar surface area (TPSA) is 114 Å². The Hall–Kier alpha value is -3.68. The van der Waals surface area contributed by atoms with Crippen LogP contribution >= 0.6 is 0 Å². The summed E-state index contributed by atoms with van der Waals surface area (Å²) >= 11 is 0. The van der Waals surface area contributed by atoms with Crippen molar-refractivity contribution in [2.75, 3.05) is 20.2 Å². The van der Waals surface area contributed by atoms with E-state index in [-0.39, 0.29) is 25.4 Å². The quantitative estimate of drug-likeness (QED) is 0.716. The molecule has 1 aliphatic rings. The number of nitrogens with two attached hydrogens (primary N) is 1. The maximum absolute atomic E-state index is 13.1. The number of primary amides is 1. The van der Waals surface area contributed by atoms with Gasteiger partial charge in [0, 0.05) is 12.0 Å². The minimum atomic E-state index is -0.787. The molecule has 3 rings (SSSR count). The summed E-state index contributed by atoms with van der Waals surface area (Å²) in [5.74, 6) is -1.42. The van der Waals surface area contributed by atoms with Crippen molar-refractivity contribution in [3.63, 3.8) is 0 Å². The highest BCUT2D eigenvalue weighted by Gasteiger charge is 2.38. The summed E-state index contributed by atoms with van der Waals surface area (Å²) in [5.41, 5.74) is 8.14. The Bertz CT molecular complexity index is 925. The van der Waals surface area contributed by atoms with Crippen molar-refractivity contribution in [3.8, 4) is 11.1 Å². The highest BCUT2D eigenvalue weighted by atomic mass is 16.6. The van der Waals surface area contributed by atoms with Crippen molar-refractivity contribution in [3.05, 3.63) is 60.2 Å². The van der Waals surface area contributed by atoms with Gasteiger partial charge in [-0.05, 0) is 23.3 Å². The lowest BCUT2D eigenvalue weighted by atomic mass is 10.0. The van der Waals surface area contributed by atoms with Gasteiger partial charge in [-0.3, -0.25) is 14.4 Å². The molecule has 29 heavy (non-hydrogen) atoms. The summed E-state index contributed by atoms with van der Waals surface area (Å²) in [6.45, 7) is -0.123. The molecule has 1 fully saturated rings. The lowest BCUT2D eigenvalue weighted by molar-refractivity contribution is -0.127. The summed E-state index contributed by atoms with van der Waals surface area (Å²) in [5, 5.41) is 6.33. The average molecular weight is 394 g/mol. The number of likely N-dealkylation sites (tertiary alicyclic amines) is 1. The van der Waals surface area contributed by atoms with Gasteiger partial charge in [0.05, 0.1) is 18.8 Å². The molecule has 8 nitrogen and oxygen atoms in total. The maximum Gasteiger partial charge on any atom is 0.254 e. The van der Waals surface area contributed by atoms with Crippen LogP contribution in [0, 0.1) is 0 Å². The van der Waals surface area contributed by atoms with Gasteiger partial charge in [-0.2, -0.15) is 0 Å². The molecule has 0 spiro atoms. The SMILES string of the molecule is CO/N=C1\C[C@@H](C(=O)NCC(N)=O)N(C(=O)c2ccc(-c3ccccc3)cc2)C1. The summed E-state index contributed by atoms with van der Waals surface area (Å²) < 4.78 is 0. The molecule has 1 aliphatic heterocycles. The number of hydrogen-bond acceptors (Lipinski definition) is 5. The third-order valence-corrected chi connectivity index (χ3v) is 4.62. The molecular weight excluding hydrogens is 372 g/mol. The van der Waals surface area contributed by atoms with Crippen molar-refractivity contribution in [2.24, 2.45) is 10.9 Å². The summed E-state index contributed by atoms with van der Waals surface area (Å²) in [6, 6.07) is 16.2. The Kier molecular flexibility index (Phi) is 6.23. The number of hydrogen-bond donors (Lipinski definition) is 2. The fraction of sp³-hybridized carbons (Fsp3) is 0.238. The fourth-order valence-electron chi connectivity index (χ4n) is 3.24. The van der Waals surface area contributed by atoms with Gasteiger partial charge in [0.25, 0.3) is 5.91 Å². The third kappa shape index (κ3) is 4.78. The highest BCUT2D eigenvalue weighted by Crippen LogP contribution is 2.23. The Morgan fingerprint density at radius 1 is 1.10 bits per heavy atom. The minimum absolute atomic E-state index is 0.168. The molecule has 1 atom stereocenters. The van der Waals surface area contributed by atoms with E-state index in [1.54, 1.807) is 12.1 Å². The normalized spacial score (nSPS) is 17.2. The van der Waals surface area contributed by atoms with Crippen molar-refractivity contribution in [1.82, 2.24) is 10.2 Å². The van der Waals surface area contributed by atoms with Crippen LogP contribution in [0.1, 0.15) is 16.8 Å². The second-order valence-corrected chi connectivity index (χ2v) is 6.62. The van der Waals surface area contributed by atoms with E-state index in [2.05, 4.69) is 10.5 Å². The number of carbonyl (C=O) groups is 3. The molecule has 0 unspecified atom stereocenters. The molecule has 0 aliphatic carbocycles. The Labute approximate surface area is 168 Å². The minimum Gasteiger partial charge on any atom is -0.399 e. The van der Waals surface area contributed by atoms with Gasteiger partial charge in [-0.1, -0.05) is 47.6 Å². The van der Waals surface area contributed by atoms with E-state index in [1.807, 2.05) is 42.5 Å². The zero-order valence-corrected chi connectivity index (χ0v) is 16.0. The highest BCUT2D eigenvalue weighted by molar-refractivity contribution is 6.05. The van der Waals surface area contributed by atoms with Crippen molar-refractivity contribution < 1.29 is 19.2 Å². The number of carbonyl (C=O) groups excluding carboxylic acids is 3. The lowest BCUT2D eigenvalue weighted by Gasteiger charge is -2.23. The molecule has 2 aromatic rings. The molecule has 0 saturated carbocycles. The molecule has 0 bridgehead atoms. The van der Waals surface area contributed by atoms with E-state index in [4.69, 9.17) is 10.6 Å². The Balaban J connectivity index is 1.80. The molecule has 2 aromatic carbocycles. The van der Waals surface area contributed by atoms with Crippen LogP contribution < -0.4 is 11.1 Å². The van der Waals surface area contributed by atoms with Gasteiger partial charge >= 0.3 is 0 Å². The second kappa shape index (κ2) is 9.01.